The van der Waals surface area contributed by atoms with Crippen LogP contribution in [0.15, 0.2) is 42.9 Å². The number of hydrogen-bond acceptors (Lipinski definition) is 4. The van der Waals surface area contributed by atoms with Crippen LogP contribution in [0, 0.1) is 5.92 Å². The summed E-state index contributed by atoms with van der Waals surface area (Å²) < 4.78 is 8.32. The maximum atomic E-state index is 6.19. The Morgan fingerprint density at radius 3 is 2.88 bits per heavy atom. The molecule has 1 aliphatic heterocycles. The highest BCUT2D eigenvalue weighted by Gasteiger charge is 2.18. The number of aryl methyl sites for hydroxylation is 1. The summed E-state index contributed by atoms with van der Waals surface area (Å²) in [5.74, 6) is 1.40. The van der Waals surface area contributed by atoms with E-state index in [9.17, 15) is 0 Å². The largest absolute Gasteiger partial charge is 0.489 e. The van der Waals surface area contributed by atoms with Crippen molar-refractivity contribution >= 4 is 11.0 Å². The van der Waals surface area contributed by atoms with Gasteiger partial charge in [0.2, 0.25) is 0 Å². The Bertz CT molecular complexity index is 838. The van der Waals surface area contributed by atoms with Crippen molar-refractivity contribution in [2.45, 2.75) is 26.3 Å². The molecule has 25 heavy (non-hydrogen) atoms. The molecule has 1 aliphatic rings. The standard InChI is InChI=1S/C20H24N4O/c1-2-24-14-23-19-18(16-8-4-3-5-9-16)22-12-17(20(19)24)25-13-15-7-6-10-21-11-15/h3-5,8-9,12,14-15,21H,2,6-7,10-11,13H2,1H3. The smallest absolute Gasteiger partial charge is 0.163 e. The van der Waals surface area contributed by atoms with Gasteiger partial charge in [0.1, 0.15) is 11.0 Å². The van der Waals surface area contributed by atoms with Crippen molar-refractivity contribution < 1.29 is 4.74 Å². The van der Waals surface area contributed by atoms with Crippen molar-refractivity contribution in [2.75, 3.05) is 19.7 Å². The number of nitrogens with one attached hydrogen (secondary N) is 1. The highest BCUT2D eigenvalue weighted by Crippen LogP contribution is 2.32. The molecule has 1 fully saturated rings. The van der Waals surface area contributed by atoms with E-state index in [0.29, 0.717) is 5.92 Å². The van der Waals surface area contributed by atoms with Crippen LogP contribution in [0.2, 0.25) is 0 Å². The first-order chi connectivity index (χ1) is 12.4. The first-order valence-corrected chi connectivity index (χ1v) is 9.09. The van der Waals surface area contributed by atoms with Gasteiger partial charge in [0.25, 0.3) is 0 Å². The van der Waals surface area contributed by atoms with Crippen LogP contribution in [0.25, 0.3) is 22.3 Å². The van der Waals surface area contributed by atoms with Gasteiger partial charge in [-0.05, 0) is 26.3 Å². The number of pyridine rings is 1. The van der Waals surface area contributed by atoms with Gasteiger partial charge in [0.05, 0.1) is 24.8 Å². The van der Waals surface area contributed by atoms with Crippen LogP contribution in [0.4, 0.5) is 0 Å². The molecular formula is C20H24N4O. The average Bonchev–Trinajstić information content (AvgIpc) is 3.12. The lowest BCUT2D eigenvalue weighted by molar-refractivity contribution is 0.219. The van der Waals surface area contributed by atoms with Crippen molar-refractivity contribution in [2.24, 2.45) is 5.92 Å². The van der Waals surface area contributed by atoms with Crippen LogP contribution >= 0.6 is 0 Å². The molecule has 5 nitrogen and oxygen atoms in total. The fourth-order valence-electron chi connectivity index (χ4n) is 3.49. The first kappa shape index (κ1) is 16.1. The van der Waals surface area contributed by atoms with Gasteiger partial charge in [0, 0.05) is 24.6 Å². The third kappa shape index (κ3) is 3.24. The number of fused-ring (bicyclic) bond motifs is 1. The summed E-state index contributed by atoms with van der Waals surface area (Å²) >= 11 is 0. The average molecular weight is 336 g/mol. The SMILES string of the molecule is CCn1cnc2c(-c3ccccc3)ncc(OCC3CCCNC3)c21. The Morgan fingerprint density at radius 1 is 1.24 bits per heavy atom. The van der Waals surface area contributed by atoms with E-state index in [2.05, 4.69) is 38.9 Å². The quantitative estimate of drug-likeness (QED) is 0.775. The highest BCUT2D eigenvalue weighted by molar-refractivity contribution is 5.93. The zero-order valence-corrected chi connectivity index (χ0v) is 14.6. The minimum Gasteiger partial charge on any atom is -0.489 e. The molecule has 0 amide bonds. The van der Waals surface area contributed by atoms with Crippen molar-refractivity contribution in [3.63, 3.8) is 0 Å². The molecule has 0 aliphatic carbocycles. The molecule has 4 rings (SSSR count). The van der Waals surface area contributed by atoms with Gasteiger partial charge >= 0.3 is 0 Å². The van der Waals surface area contributed by atoms with E-state index in [4.69, 9.17) is 4.74 Å². The number of piperidine rings is 1. The Hall–Kier alpha value is -2.40. The van der Waals surface area contributed by atoms with Crippen LogP contribution in [0.5, 0.6) is 5.75 Å². The second-order valence-electron chi connectivity index (χ2n) is 6.59. The number of aromatic nitrogens is 3. The lowest BCUT2D eigenvalue weighted by atomic mass is 10.0. The van der Waals surface area contributed by atoms with E-state index in [1.165, 1.54) is 12.8 Å². The molecule has 0 spiro atoms. The number of imidazole rings is 1. The maximum Gasteiger partial charge on any atom is 0.163 e. The van der Waals surface area contributed by atoms with E-state index in [1.54, 1.807) is 0 Å². The van der Waals surface area contributed by atoms with Gasteiger partial charge in [-0.1, -0.05) is 30.3 Å². The summed E-state index contributed by atoms with van der Waals surface area (Å²) in [6.07, 6.45) is 6.18. The topological polar surface area (TPSA) is 52.0 Å². The van der Waals surface area contributed by atoms with Gasteiger partial charge in [0.15, 0.2) is 5.75 Å². The summed E-state index contributed by atoms with van der Waals surface area (Å²) in [5.41, 5.74) is 3.94. The second-order valence-corrected chi connectivity index (χ2v) is 6.59. The first-order valence-electron chi connectivity index (χ1n) is 9.09. The summed E-state index contributed by atoms with van der Waals surface area (Å²) in [5, 5.41) is 3.44. The minimum atomic E-state index is 0.565. The number of benzene rings is 1. The summed E-state index contributed by atoms with van der Waals surface area (Å²) in [6, 6.07) is 10.2. The van der Waals surface area contributed by atoms with Crippen LogP contribution in [-0.4, -0.2) is 34.2 Å². The number of hydrogen-bond donors (Lipinski definition) is 1. The fourth-order valence-corrected chi connectivity index (χ4v) is 3.49. The van der Waals surface area contributed by atoms with E-state index >= 15 is 0 Å². The van der Waals surface area contributed by atoms with Crippen molar-refractivity contribution in [1.82, 2.24) is 19.9 Å². The zero-order chi connectivity index (χ0) is 17.1. The number of nitrogens with zero attached hydrogens (tertiary/aromatic N) is 3. The predicted molar refractivity (Wildman–Crippen MR) is 99.7 cm³/mol. The Morgan fingerprint density at radius 2 is 2.12 bits per heavy atom. The molecule has 3 heterocycles. The molecule has 1 unspecified atom stereocenters. The van der Waals surface area contributed by atoms with Crippen LogP contribution < -0.4 is 10.1 Å². The van der Waals surface area contributed by atoms with Crippen molar-refractivity contribution in [3.05, 3.63) is 42.9 Å². The Balaban J connectivity index is 1.69. The maximum absolute atomic E-state index is 6.19. The monoisotopic (exact) mass is 336 g/mol. The van der Waals surface area contributed by atoms with Gasteiger partial charge in [-0.15, -0.1) is 0 Å². The molecule has 0 bridgehead atoms. The second kappa shape index (κ2) is 7.23. The lowest BCUT2D eigenvalue weighted by Crippen LogP contribution is -2.33. The summed E-state index contributed by atoms with van der Waals surface area (Å²) in [6.45, 7) is 5.86. The molecule has 130 valence electrons. The molecule has 1 N–H and O–H groups in total. The zero-order valence-electron chi connectivity index (χ0n) is 14.6. The molecule has 5 heteroatoms. The van der Waals surface area contributed by atoms with E-state index < -0.39 is 0 Å². The van der Waals surface area contributed by atoms with Gasteiger partial charge in [-0.25, -0.2) is 9.97 Å². The van der Waals surface area contributed by atoms with Crippen molar-refractivity contribution in [1.29, 1.82) is 0 Å². The third-order valence-corrected chi connectivity index (χ3v) is 4.87. The Labute approximate surface area is 148 Å². The van der Waals surface area contributed by atoms with E-state index in [0.717, 1.165) is 54.3 Å². The highest BCUT2D eigenvalue weighted by atomic mass is 16.5. The number of rotatable bonds is 5. The van der Waals surface area contributed by atoms with Gasteiger partial charge < -0.3 is 14.6 Å². The van der Waals surface area contributed by atoms with Crippen LogP contribution in [-0.2, 0) is 6.54 Å². The molecule has 3 aromatic rings. The Kier molecular flexibility index (Phi) is 4.65. The van der Waals surface area contributed by atoms with Crippen LogP contribution in [0.1, 0.15) is 19.8 Å². The number of ether oxygens (including phenoxy) is 1. The molecular weight excluding hydrogens is 312 g/mol. The summed E-state index contributed by atoms with van der Waals surface area (Å²) in [4.78, 5) is 9.30. The lowest BCUT2D eigenvalue weighted by Gasteiger charge is -2.23. The summed E-state index contributed by atoms with van der Waals surface area (Å²) in [7, 11) is 0. The molecule has 1 atom stereocenters. The van der Waals surface area contributed by atoms with Crippen molar-refractivity contribution in [3.8, 4) is 17.0 Å². The molecule has 2 aromatic heterocycles. The van der Waals surface area contributed by atoms with Gasteiger partial charge in [-0.2, -0.15) is 0 Å². The van der Waals surface area contributed by atoms with E-state index in [-0.39, 0.29) is 0 Å². The molecule has 1 aromatic carbocycles. The van der Waals surface area contributed by atoms with Crippen LogP contribution in [0.3, 0.4) is 0 Å². The normalized spacial score (nSPS) is 17.7. The van der Waals surface area contributed by atoms with E-state index in [1.807, 2.05) is 30.7 Å². The molecule has 0 radical (unpaired) electrons. The third-order valence-electron chi connectivity index (χ3n) is 4.87. The predicted octanol–water partition coefficient (Wildman–Crippen LogP) is 3.50. The molecule has 0 saturated carbocycles. The minimum absolute atomic E-state index is 0.565. The fraction of sp³-hybridized carbons (Fsp3) is 0.400. The van der Waals surface area contributed by atoms with Gasteiger partial charge in [-0.3, -0.25) is 0 Å². The molecule has 1 saturated heterocycles.